The van der Waals surface area contributed by atoms with Gasteiger partial charge in [-0.15, -0.1) is 6.58 Å². The molecule has 2 heterocycles. The second-order valence-corrected chi connectivity index (χ2v) is 10.3. The molecule has 0 radical (unpaired) electrons. The predicted molar refractivity (Wildman–Crippen MR) is 144 cm³/mol. The molecular weight excluding hydrogens is 536 g/mol. The Hall–Kier alpha value is -3.38. The minimum atomic E-state index is -1.38. The molecule has 0 saturated carbocycles. The Morgan fingerprint density at radius 3 is 2.39 bits per heavy atom. The van der Waals surface area contributed by atoms with Gasteiger partial charge in [-0.05, 0) is 31.1 Å². The Labute approximate surface area is 239 Å². The Balaban J connectivity index is 1.92. The topological polar surface area (TPSA) is 144 Å². The normalized spacial score (nSPS) is 28.9. The van der Waals surface area contributed by atoms with Gasteiger partial charge in [-0.3, -0.25) is 19.2 Å². The average Bonchev–Trinajstić information content (AvgIpc) is 3.21. The lowest BCUT2D eigenvalue weighted by atomic mass is 9.91. The van der Waals surface area contributed by atoms with E-state index in [4.69, 9.17) is 28.4 Å². The van der Waals surface area contributed by atoms with Crippen LogP contribution in [0.1, 0.15) is 46.1 Å². The fourth-order valence-electron chi connectivity index (χ4n) is 4.92. The van der Waals surface area contributed by atoms with Gasteiger partial charge < -0.3 is 33.5 Å². The molecule has 0 amide bonds. The van der Waals surface area contributed by atoms with Crippen molar-refractivity contribution in [3.63, 3.8) is 0 Å². The fourth-order valence-corrected chi connectivity index (χ4v) is 4.92. The number of esters is 3. The quantitative estimate of drug-likeness (QED) is 0.211. The van der Waals surface area contributed by atoms with Crippen LogP contribution >= 0.6 is 0 Å². The molecule has 0 aromatic heterocycles. The van der Waals surface area contributed by atoms with Crippen molar-refractivity contribution < 1.29 is 52.7 Å². The summed E-state index contributed by atoms with van der Waals surface area (Å²) in [5, 5.41) is 11.5. The van der Waals surface area contributed by atoms with Gasteiger partial charge in [-0.2, -0.15) is 0 Å². The first kappa shape index (κ1) is 32.1. The van der Waals surface area contributed by atoms with Crippen molar-refractivity contribution in [1.82, 2.24) is 0 Å². The summed E-state index contributed by atoms with van der Waals surface area (Å²) in [6.07, 6.45) is -3.13. The monoisotopic (exact) mass is 574 g/mol. The summed E-state index contributed by atoms with van der Waals surface area (Å²) in [5.74, 6) is -2.35. The van der Waals surface area contributed by atoms with Gasteiger partial charge in [-0.1, -0.05) is 36.4 Å². The number of ketones is 1. The first-order valence-corrected chi connectivity index (χ1v) is 13.4. The number of carbonyl (C=O) groups is 4. The Morgan fingerprint density at radius 1 is 1.10 bits per heavy atom. The average molecular weight is 575 g/mol. The largest absolute Gasteiger partial charge is 0.462 e. The summed E-state index contributed by atoms with van der Waals surface area (Å²) in [5.41, 5.74) is -0.0824. The number of rotatable bonds is 13. The molecule has 2 aliphatic heterocycles. The van der Waals surface area contributed by atoms with Gasteiger partial charge in [0.25, 0.3) is 0 Å². The van der Waals surface area contributed by atoms with Crippen LogP contribution in [0.5, 0.6) is 0 Å². The van der Waals surface area contributed by atoms with Crippen LogP contribution in [-0.2, 0) is 54.2 Å². The maximum atomic E-state index is 13.0. The highest BCUT2D eigenvalue weighted by Crippen LogP contribution is 2.36. The Kier molecular flexibility index (Phi) is 11.4. The van der Waals surface area contributed by atoms with Gasteiger partial charge in [0.1, 0.15) is 31.0 Å². The minimum absolute atomic E-state index is 0.0276. The van der Waals surface area contributed by atoms with E-state index in [1.807, 2.05) is 30.3 Å². The highest BCUT2D eigenvalue weighted by Gasteiger charge is 2.54. The summed E-state index contributed by atoms with van der Waals surface area (Å²) in [4.78, 5) is 48.4. The van der Waals surface area contributed by atoms with E-state index in [1.165, 1.54) is 26.8 Å². The second-order valence-electron chi connectivity index (χ2n) is 10.3. The van der Waals surface area contributed by atoms with Crippen LogP contribution in [0.4, 0.5) is 0 Å². The molecule has 0 bridgehead atoms. The van der Waals surface area contributed by atoms with E-state index in [0.29, 0.717) is 6.42 Å². The van der Waals surface area contributed by atoms with Crippen LogP contribution in [-0.4, -0.2) is 83.7 Å². The molecule has 224 valence electrons. The van der Waals surface area contributed by atoms with Gasteiger partial charge in [0.05, 0.1) is 18.3 Å². The molecule has 11 nitrogen and oxygen atoms in total. The van der Waals surface area contributed by atoms with E-state index in [9.17, 15) is 24.3 Å². The molecule has 1 saturated heterocycles. The fraction of sp³-hybridized carbons (Fsp3) is 0.533. The molecule has 11 heteroatoms. The van der Waals surface area contributed by atoms with Crippen molar-refractivity contribution in [1.29, 1.82) is 0 Å². The smallest absolute Gasteiger partial charge is 0.303 e. The Bertz CT molecular complexity index is 1120. The van der Waals surface area contributed by atoms with Crippen LogP contribution < -0.4 is 0 Å². The lowest BCUT2D eigenvalue weighted by Gasteiger charge is -2.38. The van der Waals surface area contributed by atoms with E-state index in [1.54, 1.807) is 19.1 Å². The Morgan fingerprint density at radius 2 is 1.78 bits per heavy atom. The SMILES string of the molecule is C=CCC1(C)C=CC(=O)C([C@@H](OC(C)=O)C2OC(C[C@H](COC(C)=O)OC(C)=O)C(OCc3ccccc3)C2O)O1. The van der Waals surface area contributed by atoms with Crippen molar-refractivity contribution in [2.45, 2.75) is 95.5 Å². The van der Waals surface area contributed by atoms with Crippen LogP contribution in [0.2, 0.25) is 0 Å². The van der Waals surface area contributed by atoms with E-state index in [-0.39, 0.29) is 19.6 Å². The van der Waals surface area contributed by atoms with Crippen molar-refractivity contribution in [3.05, 3.63) is 60.7 Å². The number of benzene rings is 1. The second kappa shape index (κ2) is 14.5. The van der Waals surface area contributed by atoms with Crippen molar-refractivity contribution >= 4 is 23.7 Å². The number of hydrogen-bond donors (Lipinski definition) is 1. The molecule has 41 heavy (non-hydrogen) atoms. The molecule has 0 spiro atoms. The zero-order chi connectivity index (χ0) is 30.2. The van der Waals surface area contributed by atoms with Crippen molar-refractivity contribution in [2.24, 2.45) is 0 Å². The number of aliphatic hydroxyl groups is 1. The van der Waals surface area contributed by atoms with Gasteiger partial charge in [0.2, 0.25) is 0 Å². The van der Waals surface area contributed by atoms with Crippen molar-refractivity contribution in [3.8, 4) is 0 Å². The zero-order valence-corrected chi connectivity index (χ0v) is 23.7. The minimum Gasteiger partial charge on any atom is -0.462 e. The zero-order valence-electron chi connectivity index (χ0n) is 23.7. The third-order valence-corrected chi connectivity index (χ3v) is 6.71. The molecule has 6 unspecified atom stereocenters. The van der Waals surface area contributed by atoms with Crippen LogP contribution in [0, 0.1) is 0 Å². The molecule has 1 aromatic carbocycles. The maximum absolute atomic E-state index is 13.0. The molecule has 1 aromatic rings. The van der Waals surface area contributed by atoms with Gasteiger partial charge in [0, 0.05) is 27.2 Å². The highest BCUT2D eigenvalue weighted by molar-refractivity contribution is 5.95. The predicted octanol–water partition coefficient (Wildman–Crippen LogP) is 2.38. The lowest BCUT2D eigenvalue weighted by Crippen LogP contribution is -2.54. The van der Waals surface area contributed by atoms with Crippen LogP contribution in [0.15, 0.2) is 55.1 Å². The summed E-state index contributed by atoms with van der Waals surface area (Å²) in [6.45, 7) is 8.97. The molecule has 1 N–H and O–H groups in total. The molecule has 2 aliphatic rings. The van der Waals surface area contributed by atoms with E-state index < -0.39 is 72.0 Å². The summed E-state index contributed by atoms with van der Waals surface area (Å²) < 4.78 is 34.4. The molecule has 0 aliphatic carbocycles. The summed E-state index contributed by atoms with van der Waals surface area (Å²) in [6, 6.07) is 9.23. The third kappa shape index (κ3) is 9.06. The van der Waals surface area contributed by atoms with Crippen molar-refractivity contribution in [2.75, 3.05) is 6.61 Å². The highest BCUT2D eigenvalue weighted by atomic mass is 16.6. The first-order chi connectivity index (χ1) is 19.4. The number of ether oxygens (including phenoxy) is 6. The van der Waals surface area contributed by atoms with Crippen LogP contribution in [0.3, 0.4) is 0 Å². The van der Waals surface area contributed by atoms with Gasteiger partial charge >= 0.3 is 17.9 Å². The van der Waals surface area contributed by atoms with E-state index in [0.717, 1.165) is 5.56 Å². The van der Waals surface area contributed by atoms with Gasteiger partial charge in [0.15, 0.2) is 18.0 Å². The van der Waals surface area contributed by atoms with E-state index in [2.05, 4.69) is 6.58 Å². The molecule has 3 rings (SSSR count). The van der Waals surface area contributed by atoms with E-state index >= 15 is 0 Å². The number of hydrogen-bond acceptors (Lipinski definition) is 11. The van der Waals surface area contributed by atoms with Gasteiger partial charge in [-0.25, -0.2) is 0 Å². The molecular formula is C30H38O11. The maximum Gasteiger partial charge on any atom is 0.303 e. The summed E-state index contributed by atoms with van der Waals surface area (Å²) >= 11 is 0. The summed E-state index contributed by atoms with van der Waals surface area (Å²) in [7, 11) is 0. The molecule has 1 fully saturated rings. The standard InChI is InChI=1S/C30H38O11/c1-6-13-30(5)14-12-23(34)26(41-30)29(39-20(4)33)28-25(35)27(37-16-21-10-8-7-9-11-21)24(40-28)15-22(38-19(3)32)17-36-18(2)31/h6-12,14,22,24-29,35H,1,13,15-17H2,2-5H3/t22-,24?,25?,26?,27?,28?,29-,30?/m1/s1. The number of aliphatic hydroxyl groups excluding tert-OH is 1. The first-order valence-electron chi connectivity index (χ1n) is 13.4. The van der Waals surface area contributed by atoms with Crippen LogP contribution in [0.25, 0.3) is 0 Å². The molecule has 8 atom stereocenters. The third-order valence-electron chi connectivity index (χ3n) is 6.71. The number of carbonyl (C=O) groups excluding carboxylic acids is 4. The lowest BCUT2D eigenvalue weighted by molar-refractivity contribution is -0.191.